The van der Waals surface area contributed by atoms with Crippen molar-refractivity contribution in [2.75, 3.05) is 33.2 Å². The van der Waals surface area contributed by atoms with Crippen molar-refractivity contribution in [3.8, 4) is 0 Å². The molecule has 0 saturated carbocycles. The van der Waals surface area contributed by atoms with Crippen molar-refractivity contribution in [3.05, 3.63) is 0 Å². The van der Waals surface area contributed by atoms with Crippen LogP contribution in [-0.2, 0) is 0 Å². The Labute approximate surface area is 107 Å². The first kappa shape index (κ1) is 14.3. The second-order valence-corrected chi connectivity index (χ2v) is 7.38. The first-order chi connectivity index (χ1) is 7.29. The Morgan fingerprint density at radius 1 is 1.12 bits per heavy atom. The Bertz CT molecular complexity index is 202. The smallest absolute Gasteiger partial charge is 0.0132 e. The molecule has 0 aliphatic carbocycles. The van der Waals surface area contributed by atoms with Gasteiger partial charge in [0.25, 0.3) is 0 Å². The maximum absolute atomic E-state index is 4.69. The number of piperazine rings is 1. The average Bonchev–Trinajstić information content (AvgIpc) is 2.14. The summed E-state index contributed by atoms with van der Waals surface area (Å²) in [5, 5.41) is 0. The summed E-state index contributed by atoms with van der Waals surface area (Å²) < 4.78 is 0.137. The van der Waals surface area contributed by atoms with Crippen LogP contribution in [0.4, 0.5) is 0 Å². The quantitative estimate of drug-likeness (QED) is 0.759. The second-order valence-electron chi connectivity index (χ2n) is 6.17. The fourth-order valence-corrected chi connectivity index (χ4v) is 2.64. The molecule has 0 spiro atoms. The van der Waals surface area contributed by atoms with Crippen LogP contribution in [0.25, 0.3) is 0 Å². The van der Waals surface area contributed by atoms with Crippen LogP contribution in [0, 0.1) is 5.92 Å². The van der Waals surface area contributed by atoms with Crippen molar-refractivity contribution in [2.45, 2.75) is 44.9 Å². The van der Waals surface area contributed by atoms with E-state index in [4.69, 9.17) is 0 Å². The molecule has 0 bridgehead atoms. The molecule has 16 heavy (non-hydrogen) atoms. The van der Waals surface area contributed by atoms with Crippen molar-refractivity contribution < 1.29 is 0 Å². The lowest BCUT2D eigenvalue weighted by Crippen LogP contribution is -2.51. The SMILES string of the molecule is CC(C)C(CC(C)(C)S)N1CCN(C)CC1. The van der Waals surface area contributed by atoms with E-state index in [0.29, 0.717) is 6.04 Å². The summed E-state index contributed by atoms with van der Waals surface area (Å²) in [5.41, 5.74) is 0. The topological polar surface area (TPSA) is 6.48 Å². The van der Waals surface area contributed by atoms with Crippen LogP contribution in [0.1, 0.15) is 34.1 Å². The van der Waals surface area contributed by atoms with Gasteiger partial charge in [0.1, 0.15) is 0 Å². The number of hydrogen-bond acceptors (Lipinski definition) is 3. The third-order valence-electron chi connectivity index (χ3n) is 3.49. The molecule has 1 heterocycles. The van der Waals surface area contributed by atoms with E-state index in [1.807, 2.05) is 0 Å². The van der Waals surface area contributed by atoms with Gasteiger partial charge in [0.05, 0.1) is 0 Å². The van der Waals surface area contributed by atoms with E-state index >= 15 is 0 Å². The molecule has 1 aliphatic heterocycles. The Morgan fingerprint density at radius 3 is 2.00 bits per heavy atom. The molecule has 1 aliphatic rings. The van der Waals surface area contributed by atoms with Crippen molar-refractivity contribution in [2.24, 2.45) is 5.92 Å². The fraction of sp³-hybridized carbons (Fsp3) is 1.00. The Morgan fingerprint density at radius 2 is 1.62 bits per heavy atom. The molecule has 0 aromatic carbocycles. The molecular weight excluding hydrogens is 216 g/mol. The summed E-state index contributed by atoms with van der Waals surface area (Å²) in [6.07, 6.45) is 1.18. The van der Waals surface area contributed by atoms with Gasteiger partial charge in [0.2, 0.25) is 0 Å². The normalized spacial score (nSPS) is 22.7. The van der Waals surface area contributed by atoms with Gasteiger partial charge in [0.15, 0.2) is 0 Å². The minimum Gasteiger partial charge on any atom is -0.304 e. The van der Waals surface area contributed by atoms with Crippen LogP contribution < -0.4 is 0 Å². The molecule has 2 nitrogen and oxygen atoms in total. The van der Waals surface area contributed by atoms with E-state index in [1.165, 1.54) is 32.6 Å². The predicted molar refractivity (Wildman–Crippen MR) is 75.4 cm³/mol. The summed E-state index contributed by atoms with van der Waals surface area (Å²) in [7, 11) is 2.21. The Kier molecular flexibility index (Phi) is 5.14. The van der Waals surface area contributed by atoms with E-state index in [2.05, 4.69) is 57.2 Å². The molecule has 3 heteroatoms. The van der Waals surface area contributed by atoms with Crippen LogP contribution in [0.3, 0.4) is 0 Å². The molecular formula is C13H28N2S. The number of nitrogens with zero attached hydrogens (tertiary/aromatic N) is 2. The van der Waals surface area contributed by atoms with Crippen molar-refractivity contribution in [1.29, 1.82) is 0 Å². The summed E-state index contributed by atoms with van der Waals surface area (Å²) in [6, 6.07) is 0.682. The third-order valence-corrected chi connectivity index (χ3v) is 3.67. The van der Waals surface area contributed by atoms with Gasteiger partial charge in [-0.05, 0) is 19.4 Å². The number of hydrogen-bond donors (Lipinski definition) is 1. The number of thiol groups is 1. The minimum absolute atomic E-state index is 0.137. The first-order valence-corrected chi connectivity index (χ1v) is 6.89. The fourth-order valence-electron chi connectivity index (χ4n) is 2.45. The van der Waals surface area contributed by atoms with Gasteiger partial charge in [-0.3, -0.25) is 4.90 Å². The third kappa shape index (κ3) is 4.64. The summed E-state index contributed by atoms with van der Waals surface area (Å²) >= 11 is 4.69. The average molecular weight is 244 g/mol. The van der Waals surface area contributed by atoms with Crippen LogP contribution in [0.5, 0.6) is 0 Å². The van der Waals surface area contributed by atoms with Gasteiger partial charge < -0.3 is 4.90 Å². The summed E-state index contributed by atoms with van der Waals surface area (Å²) in [4.78, 5) is 5.07. The second kappa shape index (κ2) is 5.74. The first-order valence-electron chi connectivity index (χ1n) is 6.44. The molecule has 1 rings (SSSR count). The monoisotopic (exact) mass is 244 g/mol. The molecule has 96 valence electrons. The van der Waals surface area contributed by atoms with Crippen molar-refractivity contribution >= 4 is 12.6 Å². The molecule has 1 atom stereocenters. The lowest BCUT2D eigenvalue weighted by molar-refractivity contribution is 0.0794. The van der Waals surface area contributed by atoms with Crippen LogP contribution in [-0.4, -0.2) is 53.8 Å². The molecule has 1 fully saturated rings. The van der Waals surface area contributed by atoms with Gasteiger partial charge in [-0.15, -0.1) is 0 Å². The van der Waals surface area contributed by atoms with Gasteiger partial charge in [0, 0.05) is 37.0 Å². The highest BCUT2D eigenvalue weighted by Gasteiger charge is 2.28. The van der Waals surface area contributed by atoms with E-state index in [0.717, 1.165) is 5.92 Å². The zero-order chi connectivity index (χ0) is 12.3. The zero-order valence-corrected chi connectivity index (χ0v) is 12.4. The molecule has 0 amide bonds. The van der Waals surface area contributed by atoms with E-state index in [9.17, 15) is 0 Å². The summed E-state index contributed by atoms with van der Waals surface area (Å²) in [5.74, 6) is 0.717. The summed E-state index contributed by atoms with van der Waals surface area (Å²) in [6.45, 7) is 14.0. The Hall–Kier alpha value is 0.270. The molecule has 0 N–H and O–H groups in total. The zero-order valence-electron chi connectivity index (χ0n) is 11.5. The molecule has 0 aromatic rings. The van der Waals surface area contributed by atoms with Gasteiger partial charge >= 0.3 is 0 Å². The van der Waals surface area contributed by atoms with E-state index in [-0.39, 0.29) is 4.75 Å². The van der Waals surface area contributed by atoms with Crippen LogP contribution >= 0.6 is 12.6 Å². The van der Waals surface area contributed by atoms with E-state index < -0.39 is 0 Å². The predicted octanol–water partition coefficient (Wildman–Crippen LogP) is 2.36. The Balaban J connectivity index is 2.56. The minimum atomic E-state index is 0.137. The lowest BCUT2D eigenvalue weighted by atomic mass is 9.92. The van der Waals surface area contributed by atoms with Crippen molar-refractivity contribution in [3.63, 3.8) is 0 Å². The number of likely N-dealkylation sites (N-methyl/N-ethyl adjacent to an activating group) is 1. The maximum atomic E-state index is 4.69. The van der Waals surface area contributed by atoms with Gasteiger partial charge in [-0.1, -0.05) is 27.7 Å². The maximum Gasteiger partial charge on any atom is 0.0132 e. The highest BCUT2D eigenvalue weighted by Crippen LogP contribution is 2.26. The highest BCUT2D eigenvalue weighted by molar-refractivity contribution is 7.81. The van der Waals surface area contributed by atoms with Gasteiger partial charge in [-0.25, -0.2) is 0 Å². The van der Waals surface area contributed by atoms with Gasteiger partial charge in [-0.2, -0.15) is 12.6 Å². The van der Waals surface area contributed by atoms with Crippen molar-refractivity contribution in [1.82, 2.24) is 9.80 Å². The molecule has 0 aromatic heterocycles. The molecule has 1 unspecified atom stereocenters. The number of rotatable bonds is 4. The largest absolute Gasteiger partial charge is 0.304 e. The highest BCUT2D eigenvalue weighted by atomic mass is 32.1. The van der Waals surface area contributed by atoms with Crippen LogP contribution in [0.2, 0.25) is 0 Å². The lowest BCUT2D eigenvalue weighted by Gasteiger charge is -2.42. The van der Waals surface area contributed by atoms with E-state index in [1.54, 1.807) is 0 Å². The molecule has 1 saturated heterocycles. The standard InChI is InChI=1S/C13H28N2S/c1-11(2)12(10-13(3,4)16)15-8-6-14(5)7-9-15/h11-12,16H,6-10H2,1-5H3. The molecule has 0 radical (unpaired) electrons. The van der Waals surface area contributed by atoms with Crippen LogP contribution in [0.15, 0.2) is 0 Å².